The van der Waals surface area contributed by atoms with E-state index in [4.69, 9.17) is 10.2 Å². The van der Waals surface area contributed by atoms with Crippen molar-refractivity contribution in [3.8, 4) is 0 Å². The van der Waals surface area contributed by atoms with Gasteiger partial charge in [0.25, 0.3) is 0 Å². The summed E-state index contributed by atoms with van der Waals surface area (Å²) in [5.74, 6) is 0. The van der Waals surface area contributed by atoms with E-state index in [-0.39, 0.29) is 0 Å². The number of hydrogen-bond donors (Lipinski definition) is 3. The third kappa shape index (κ3) is 2.91. The Morgan fingerprint density at radius 2 is 1.69 bits per heavy atom. The van der Waals surface area contributed by atoms with Crippen LogP contribution in [-0.2, 0) is 0 Å². The zero-order chi connectivity index (χ0) is 9.84. The van der Waals surface area contributed by atoms with E-state index in [0.717, 1.165) is 3.57 Å². The fourth-order valence-electron chi connectivity index (χ4n) is 0.982. The van der Waals surface area contributed by atoms with Crippen LogP contribution in [0.4, 0.5) is 0 Å². The summed E-state index contributed by atoms with van der Waals surface area (Å²) in [5.41, 5.74) is 0.613. The lowest BCUT2D eigenvalue weighted by molar-refractivity contribution is -0.0152. The number of benzene rings is 1. The van der Waals surface area contributed by atoms with Crippen LogP contribution in [0.2, 0.25) is 0 Å². The van der Waals surface area contributed by atoms with Crippen LogP contribution < -0.4 is 0 Å². The van der Waals surface area contributed by atoms with Crippen LogP contribution in [0, 0.1) is 3.57 Å². The molecule has 0 aromatic heterocycles. The zero-order valence-electron chi connectivity index (χ0n) is 6.89. The Balaban J connectivity index is 2.77. The van der Waals surface area contributed by atoms with Crippen LogP contribution in [0.25, 0.3) is 0 Å². The summed E-state index contributed by atoms with van der Waals surface area (Å²) in [7, 11) is 0. The van der Waals surface area contributed by atoms with Gasteiger partial charge in [-0.1, -0.05) is 12.1 Å². The molecule has 0 aliphatic rings. The van der Waals surface area contributed by atoms with E-state index in [1.54, 1.807) is 12.1 Å². The van der Waals surface area contributed by atoms with Crippen LogP contribution in [0.3, 0.4) is 0 Å². The van der Waals surface area contributed by atoms with Crippen molar-refractivity contribution < 1.29 is 15.3 Å². The van der Waals surface area contributed by atoms with Gasteiger partial charge >= 0.3 is 0 Å². The molecule has 4 heteroatoms. The third-order valence-corrected chi connectivity index (χ3v) is 2.48. The molecule has 3 nitrogen and oxygen atoms in total. The Bertz CT molecular complexity index is 260. The van der Waals surface area contributed by atoms with Gasteiger partial charge in [-0.25, -0.2) is 0 Å². The molecule has 2 unspecified atom stereocenters. The van der Waals surface area contributed by atoms with Crippen molar-refractivity contribution in [1.82, 2.24) is 0 Å². The minimum Gasteiger partial charge on any atom is -0.394 e. The minimum absolute atomic E-state index is 0.437. The van der Waals surface area contributed by atoms with E-state index < -0.39 is 18.8 Å². The van der Waals surface area contributed by atoms with Gasteiger partial charge in [-0.05, 0) is 40.3 Å². The normalized spacial score (nSPS) is 15.4. The Morgan fingerprint density at radius 3 is 2.15 bits per heavy atom. The van der Waals surface area contributed by atoms with Gasteiger partial charge < -0.3 is 15.3 Å². The van der Waals surface area contributed by atoms with Gasteiger partial charge in [0.1, 0.15) is 12.2 Å². The van der Waals surface area contributed by atoms with Gasteiger partial charge in [0, 0.05) is 3.57 Å². The SMILES string of the molecule is OCC(O)C(O)c1ccc(I)cc1. The lowest BCUT2D eigenvalue weighted by Gasteiger charge is -2.15. The molecular formula is C9H11IO3. The van der Waals surface area contributed by atoms with Crippen molar-refractivity contribution in [3.63, 3.8) is 0 Å². The van der Waals surface area contributed by atoms with Gasteiger partial charge in [0.2, 0.25) is 0 Å². The van der Waals surface area contributed by atoms with E-state index in [1.807, 2.05) is 12.1 Å². The minimum atomic E-state index is -1.11. The van der Waals surface area contributed by atoms with Crippen molar-refractivity contribution in [2.45, 2.75) is 12.2 Å². The van der Waals surface area contributed by atoms with Crippen molar-refractivity contribution in [2.75, 3.05) is 6.61 Å². The molecule has 0 amide bonds. The first-order chi connectivity index (χ1) is 6.15. The largest absolute Gasteiger partial charge is 0.394 e. The van der Waals surface area contributed by atoms with Crippen LogP contribution in [-0.4, -0.2) is 28.0 Å². The molecule has 2 atom stereocenters. The predicted molar refractivity (Wildman–Crippen MR) is 57.2 cm³/mol. The van der Waals surface area contributed by atoms with Crippen LogP contribution in [0.1, 0.15) is 11.7 Å². The topological polar surface area (TPSA) is 60.7 Å². The lowest BCUT2D eigenvalue weighted by atomic mass is 10.1. The maximum atomic E-state index is 9.47. The number of halogens is 1. The number of aliphatic hydroxyl groups is 3. The molecule has 0 fully saturated rings. The smallest absolute Gasteiger partial charge is 0.107 e. The van der Waals surface area contributed by atoms with Gasteiger partial charge in [0.15, 0.2) is 0 Å². The average molecular weight is 294 g/mol. The van der Waals surface area contributed by atoms with Gasteiger partial charge in [-0.3, -0.25) is 0 Å². The van der Waals surface area contributed by atoms with E-state index in [0.29, 0.717) is 5.56 Å². The molecule has 1 aromatic rings. The molecule has 1 rings (SSSR count). The van der Waals surface area contributed by atoms with Crippen LogP contribution >= 0.6 is 22.6 Å². The molecule has 3 N–H and O–H groups in total. The van der Waals surface area contributed by atoms with E-state index >= 15 is 0 Å². The summed E-state index contributed by atoms with van der Waals surface area (Å²) < 4.78 is 1.06. The molecule has 0 heterocycles. The highest BCUT2D eigenvalue weighted by Crippen LogP contribution is 2.17. The lowest BCUT2D eigenvalue weighted by Crippen LogP contribution is -2.21. The highest BCUT2D eigenvalue weighted by atomic mass is 127. The van der Waals surface area contributed by atoms with Crippen molar-refractivity contribution in [2.24, 2.45) is 0 Å². The maximum Gasteiger partial charge on any atom is 0.107 e. The second-order valence-corrected chi connectivity index (χ2v) is 3.99. The number of rotatable bonds is 3. The van der Waals surface area contributed by atoms with Crippen molar-refractivity contribution in [3.05, 3.63) is 33.4 Å². The summed E-state index contributed by atoms with van der Waals surface area (Å²) in [6, 6.07) is 7.13. The Kier molecular flexibility index (Phi) is 4.11. The highest BCUT2D eigenvalue weighted by molar-refractivity contribution is 14.1. The molecule has 0 aliphatic heterocycles. The Morgan fingerprint density at radius 1 is 1.15 bits per heavy atom. The molecule has 0 saturated heterocycles. The summed E-state index contributed by atoms with van der Waals surface area (Å²) in [4.78, 5) is 0. The third-order valence-electron chi connectivity index (χ3n) is 1.76. The standard InChI is InChI=1S/C9H11IO3/c10-7-3-1-6(2-4-7)9(13)8(12)5-11/h1-4,8-9,11-13H,5H2. The Labute approximate surface area is 90.2 Å². The van der Waals surface area contributed by atoms with Crippen LogP contribution in [0.15, 0.2) is 24.3 Å². The predicted octanol–water partition coefficient (Wildman–Crippen LogP) is 0.678. The van der Waals surface area contributed by atoms with Gasteiger partial charge in [-0.15, -0.1) is 0 Å². The average Bonchev–Trinajstić information content (AvgIpc) is 2.17. The molecule has 0 radical (unpaired) electrons. The number of aliphatic hydroxyl groups excluding tert-OH is 3. The fourth-order valence-corrected chi connectivity index (χ4v) is 1.34. The van der Waals surface area contributed by atoms with E-state index in [2.05, 4.69) is 22.6 Å². The number of hydrogen-bond acceptors (Lipinski definition) is 3. The van der Waals surface area contributed by atoms with Crippen molar-refractivity contribution >= 4 is 22.6 Å². The summed E-state index contributed by atoms with van der Waals surface area (Å²) >= 11 is 2.15. The summed E-state index contributed by atoms with van der Waals surface area (Å²) in [6.07, 6.45) is -2.12. The van der Waals surface area contributed by atoms with Crippen molar-refractivity contribution in [1.29, 1.82) is 0 Å². The molecule has 0 saturated carbocycles. The summed E-state index contributed by atoms with van der Waals surface area (Å²) in [5, 5.41) is 27.2. The monoisotopic (exact) mass is 294 g/mol. The molecule has 0 aliphatic carbocycles. The zero-order valence-corrected chi connectivity index (χ0v) is 9.05. The van der Waals surface area contributed by atoms with Crippen LogP contribution in [0.5, 0.6) is 0 Å². The maximum absolute atomic E-state index is 9.47. The van der Waals surface area contributed by atoms with E-state index in [9.17, 15) is 5.11 Å². The van der Waals surface area contributed by atoms with E-state index in [1.165, 1.54) is 0 Å². The first-order valence-electron chi connectivity index (χ1n) is 3.87. The molecular weight excluding hydrogens is 283 g/mol. The molecule has 0 bridgehead atoms. The molecule has 72 valence electrons. The summed E-state index contributed by atoms with van der Waals surface area (Å²) in [6.45, 7) is -0.437. The highest BCUT2D eigenvalue weighted by Gasteiger charge is 2.16. The first kappa shape index (κ1) is 10.9. The second kappa shape index (κ2) is 4.90. The quantitative estimate of drug-likeness (QED) is 0.718. The molecule has 0 spiro atoms. The fraction of sp³-hybridized carbons (Fsp3) is 0.333. The van der Waals surface area contributed by atoms with Gasteiger partial charge in [0.05, 0.1) is 6.61 Å². The Hall–Kier alpha value is -0.170. The first-order valence-corrected chi connectivity index (χ1v) is 4.95. The molecule has 1 aromatic carbocycles. The second-order valence-electron chi connectivity index (χ2n) is 2.75. The van der Waals surface area contributed by atoms with Gasteiger partial charge in [-0.2, -0.15) is 0 Å². The molecule has 13 heavy (non-hydrogen) atoms.